The fraction of sp³-hybridized carbons (Fsp3) is 0.750. The number of hydrogen-bond donors (Lipinski definition) is 1. The van der Waals surface area contributed by atoms with E-state index in [1.165, 1.54) is 5.57 Å². The minimum atomic E-state index is -0.260. The summed E-state index contributed by atoms with van der Waals surface area (Å²) in [6, 6.07) is -0.210. The quantitative estimate of drug-likeness (QED) is 0.718. The monoisotopic (exact) mass is 226 g/mol. The number of primary amides is 1. The molecule has 0 aromatic carbocycles. The van der Waals surface area contributed by atoms with Crippen LogP contribution in [0.4, 0.5) is 0 Å². The molecule has 0 aromatic heterocycles. The fourth-order valence-corrected chi connectivity index (χ4v) is 2.06. The van der Waals surface area contributed by atoms with Crippen LogP contribution >= 0.6 is 0 Å². The third-order valence-corrected chi connectivity index (χ3v) is 2.88. The highest BCUT2D eigenvalue weighted by atomic mass is 16.5. The maximum atomic E-state index is 11.3. The van der Waals surface area contributed by atoms with E-state index in [1.54, 1.807) is 0 Å². The smallest absolute Gasteiger partial charge is 0.234 e. The lowest BCUT2D eigenvalue weighted by atomic mass is 10.1. The van der Waals surface area contributed by atoms with Crippen molar-refractivity contribution in [1.29, 1.82) is 0 Å². The molecule has 1 heterocycles. The topological polar surface area (TPSA) is 55.6 Å². The van der Waals surface area contributed by atoms with Gasteiger partial charge in [0.2, 0.25) is 5.91 Å². The third-order valence-electron chi connectivity index (χ3n) is 2.88. The van der Waals surface area contributed by atoms with Crippen LogP contribution in [0.25, 0.3) is 0 Å². The van der Waals surface area contributed by atoms with Crippen molar-refractivity contribution in [3.8, 4) is 0 Å². The molecule has 4 nitrogen and oxygen atoms in total. The third kappa shape index (κ3) is 3.61. The van der Waals surface area contributed by atoms with Crippen LogP contribution < -0.4 is 5.73 Å². The van der Waals surface area contributed by atoms with Gasteiger partial charge in [-0.25, -0.2) is 0 Å². The second-order valence-electron chi connectivity index (χ2n) is 4.19. The van der Waals surface area contributed by atoms with Gasteiger partial charge >= 0.3 is 0 Å². The fourth-order valence-electron chi connectivity index (χ4n) is 2.06. The Hall–Kier alpha value is -0.870. The Morgan fingerprint density at radius 3 is 2.94 bits per heavy atom. The van der Waals surface area contributed by atoms with E-state index in [9.17, 15) is 4.79 Å². The van der Waals surface area contributed by atoms with Gasteiger partial charge in [-0.15, -0.1) is 0 Å². The van der Waals surface area contributed by atoms with Gasteiger partial charge in [0.15, 0.2) is 0 Å². The molecule has 0 aromatic rings. The van der Waals surface area contributed by atoms with E-state index in [0.717, 1.165) is 25.8 Å². The molecule has 0 fully saturated rings. The number of carbonyl (C=O) groups excluding carboxylic acids is 1. The van der Waals surface area contributed by atoms with Crippen molar-refractivity contribution in [2.24, 2.45) is 5.73 Å². The molecule has 0 unspecified atom stereocenters. The molecule has 0 saturated carbocycles. The Morgan fingerprint density at radius 1 is 1.62 bits per heavy atom. The molecule has 1 aliphatic heterocycles. The second kappa shape index (κ2) is 6.66. The van der Waals surface area contributed by atoms with Crippen LogP contribution in [0.3, 0.4) is 0 Å². The molecule has 0 bridgehead atoms. The van der Waals surface area contributed by atoms with E-state index in [1.807, 2.05) is 11.8 Å². The molecule has 16 heavy (non-hydrogen) atoms. The predicted octanol–water partition coefficient (Wildman–Crippen LogP) is 1.27. The molecule has 1 amide bonds. The van der Waals surface area contributed by atoms with Gasteiger partial charge in [0.25, 0.3) is 0 Å². The van der Waals surface area contributed by atoms with Gasteiger partial charge in [-0.3, -0.25) is 9.69 Å². The summed E-state index contributed by atoms with van der Waals surface area (Å²) in [7, 11) is 0. The maximum Gasteiger partial charge on any atom is 0.234 e. The van der Waals surface area contributed by atoms with Crippen molar-refractivity contribution in [3.05, 3.63) is 11.6 Å². The van der Waals surface area contributed by atoms with Gasteiger partial charge in [-0.1, -0.05) is 31.9 Å². The van der Waals surface area contributed by atoms with Gasteiger partial charge in [0.05, 0.1) is 12.6 Å². The van der Waals surface area contributed by atoms with E-state index < -0.39 is 0 Å². The van der Waals surface area contributed by atoms with E-state index in [2.05, 4.69) is 13.0 Å². The highest BCUT2D eigenvalue weighted by Gasteiger charge is 2.23. The molecular weight excluding hydrogens is 204 g/mol. The normalized spacial score (nSPS) is 20.0. The molecule has 0 radical (unpaired) electrons. The summed E-state index contributed by atoms with van der Waals surface area (Å²) in [4.78, 5) is 13.3. The van der Waals surface area contributed by atoms with Gasteiger partial charge < -0.3 is 10.5 Å². The van der Waals surface area contributed by atoms with Crippen molar-refractivity contribution >= 4 is 5.91 Å². The van der Waals surface area contributed by atoms with Crippen molar-refractivity contribution in [2.75, 3.05) is 19.9 Å². The number of amides is 1. The van der Waals surface area contributed by atoms with Gasteiger partial charge in [-0.2, -0.15) is 0 Å². The molecule has 0 saturated heterocycles. The second-order valence-corrected chi connectivity index (χ2v) is 4.19. The van der Waals surface area contributed by atoms with E-state index in [0.29, 0.717) is 13.3 Å². The first-order valence-corrected chi connectivity index (χ1v) is 5.98. The predicted molar refractivity (Wildman–Crippen MR) is 63.8 cm³/mol. The molecule has 0 spiro atoms. The standard InChI is InChI=1S/C12H22N2O2/c1-3-5-10-6-7-16-9-14(8-10)11(4-2)12(13)15/h6,11H,3-5,7-9H2,1-2H3,(H2,13,15)/t11-/m0/s1. The van der Waals surface area contributed by atoms with E-state index in [4.69, 9.17) is 10.5 Å². The number of nitrogens with zero attached hydrogens (tertiary/aromatic N) is 1. The number of nitrogens with two attached hydrogens (primary N) is 1. The highest BCUT2D eigenvalue weighted by Crippen LogP contribution is 2.14. The summed E-state index contributed by atoms with van der Waals surface area (Å²) in [5, 5.41) is 0. The number of carbonyl (C=O) groups is 1. The summed E-state index contributed by atoms with van der Waals surface area (Å²) < 4.78 is 5.46. The van der Waals surface area contributed by atoms with Crippen molar-refractivity contribution in [3.63, 3.8) is 0 Å². The van der Waals surface area contributed by atoms with Crippen molar-refractivity contribution in [1.82, 2.24) is 4.90 Å². The average molecular weight is 226 g/mol. The van der Waals surface area contributed by atoms with Crippen LogP contribution in [-0.2, 0) is 9.53 Å². The van der Waals surface area contributed by atoms with Crippen LogP contribution in [0, 0.1) is 0 Å². The molecule has 1 atom stereocenters. The van der Waals surface area contributed by atoms with Crippen LogP contribution in [0.15, 0.2) is 11.6 Å². The molecular formula is C12H22N2O2. The SMILES string of the molecule is CCCC1=CCOCN([C@@H](CC)C(N)=O)C1. The minimum Gasteiger partial charge on any atom is -0.368 e. The van der Waals surface area contributed by atoms with Crippen LogP contribution in [0.1, 0.15) is 33.1 Å². The molecule has 0 aliphatic carbocycles. The first kappa shape index (κ1) is 13.2. The molecule has 4 heteroatoms. The highest BCUT2D eigenvalue weighted by molar-refractivity contribution is 5.79. The van der Waals surface area contributed by atoms with Gasteiger partial charge in [0, 0.05) is 6.54 Å². The number of hydrogen-bond acceptors (Lipinski definition) is 3. The summed E-state index contributed by atoms with van der Waals surface area (Å²) in [6.07, 6.45) is 5.04. The summed E-state index contributed by atoms with van der Waals surface area (Å²) in [5.74, 6) is -0.260. The zero-order valence-electron chi connectivity index (χ0n) is 10.2. The lowest BCUT2D eigenvalue weighted by molar-refractivity contribution is -0.125. The zero-order valence-corrected chi connectivity index (χ0v) is 10.2. The lowest BCUT2D eigenvalue weighted by Crippen LogP contribution is -2.45. The van der Waals surface area contributed by atoms with Crippen LogP contribution in [0.5, 0.6) is 0 Å². The molecule has 92 valence electrons. The average Bonchev–Trinajstić information content (AvgIpc) is 2.45. The Morgan fingerprint density at radius 2 is 2.38 bits per heavy atom. The largest absolute Gasteiger partial charge is 0.368 e. The van der Waals surface area contributed by atoms with Crippen molar-refractivity contribution in [2.45, 2.75) is 39.2 Å². The van der Waals surface area contributed by atoms with Crippen molar-refractivity contribution < 1.29 is 9.53 Å². The first-order chi connectivity index (χ1) is 7.69. The Balaban J connectivity index is 2.66. The summed E-state index contributed by atoms with van der Waals surface area (Å²) in [6.45, 7) is 6.06. The Labute approximate surface area is 97.4 Å². The Kier molecular flexibility index (Phi) is 5.49. The van der Waals surface area contributed by atoms with Crippen LogP contribution in [0.2, 0.25) is 0 Å². The summed E-state index contributed by atoms with van der Waals surface area (Å²) in [5.41, 5.74) is 6.74. The lowest BCUT2D eigenvalue weighted by Gasteiger charge is -2.27. The van der Waals surface area contributed by atoms with Gasteiger partial charge in [-0.05, 0) is 12.8 Å². The van der Waals surface area contributed by atoms with E-state index >= 15 is 0 Å². The molecule has 1 aliphatic rings. The Bertz CT molecular complexity index is 264. The molecule has 2 N–H and O–H groups in total. The zero-order chi connectivity index (χ0) is 12.0. The minimum absolute atomic E-state index is 0.210. The number of ether oxygens (including phenoxy) is 1. The maximum absolute atomic E-state index is 11.3. The number of rotatable bonds is 5. The van der Waals surface area contributed by atoms with Gasteiger partial charge in [0.1, 0.15) is 6.73 Å². The summed E-state index contributed by atoms with van der Waals surface area (Å²) >= 11 is 0. The van der Waals surface area contributed by atoms with Crippen LogP contribution in [-0.4, -0.2) is 36.7 Å². The molecule has 1 rings (SSSR count). The van der Waals surface area contributed by atoms with E-state index in [-0.39, 0.29) is 11.9 Å². The first-order valence-electron chi connectivity index (χ1n) is 5.98.